The Bertz CT molecular complexity index is 296. The van der Waals surface area contributed by atoms with E-state index in [9.17, 15) is 5.21 Å². The lowest BCUT2D eigenvalue weighted by Gasteiger charge is -1.94. The van der Waals surface area contributed by atoms with Crippen LogP contribution in [0.5, 0.6) is 0 Å². The van der Waals surface area contributed by atoms with Gasteiger partial charge in [0.05, 0.1) is 0 Å². The molecular formula is C6H10N4O3. The zero-order valence-corrected chi connectivity index (χ0v) is 7.43. The molecule has 1 rings (SSSR count). The Morgan fingerprint density at radius 3 is 3.00 bits per heavy atom. The Morgan fingerprint density at radius 2 is 2.46 bits per heavy atom. The predicted molar refractivity (Wildman–Crippen MR) is 40.4 cm³/mol. The quantitative estimate of drug-likeness (QED) is 0.394. The molecule has 1 aromatic heterocycles. The van der Waals surface area contributed by atoms with Crippen molar-refractivity contribution in [1.82, 2.24) is 10.1 Å². The van der Waals surface area contributed by atoms with Gasteiger partial charge in [0.1, 0.15) is 6.61 Å². The van der Waals surface area contributed by atoms with Crippen LogP contribution in [-0.4, -0.2) is 21.6 Å². The molecule has 7 heteroatoms. The van der Waals surface area contributed by atoms with Crippen molar-refractivity contribution in [2.75, 3.05) is 6.61 Å². The van der Waals surface area contributed by atoms with Gasteiger partial charge in [0.15, 0.2) is 5.28 Å². The molecular weight excluding hydrogens is 176 g/mol. The van der Waals surface area contributed by atoms with Crippen molar-refractivity contribution < 1.29 is 14.2 Å². The molecule has 0 N–H and O–H groups in total. The van der Waals surface area contributed by atoms with Crippen molar-refractivity contribution in [3.8, 4) is 0 Å². The van der Waals surface area contributed by atoms with Crippen LogP contribution in [0.25, 0.3) is 0 Å². The van der Waals surface area contributed by atoms with Crippen LogP contribution >= 0.6 is 0 Å². The maximum Gasteiger partial charge on any atom is 0.246 e. The minimum Gasteiger partial charge on any atom is -0.597 e. The van der Waals surface area contributed by atoms with Crippen LogP contribution in [0.1, 0.15) is 18.6 Å². The van der Waals surface area contributed by atoms with Gasteiger partial charge in [-0.2, -0.15) is 4.98 Å². The van der Waals surface area contributed by atoms with E-state index in [2.05, 4.69) is 24.8 Å². The Morgan fingerprint density at radius 1 is 1.69 bits per heavy atom. The lowest BCUT2D eigenvalue weighted by Crippen LogP contribution is -2.03. The molecule has 1 aromatic rings. The summed E-state index contributed by atoms with van der Waals surface area (Å²) in [6.07, 6.45) is 0. The highest BCUT2D eigenvalue weighted by atomic mass is 16.7. The van der Waals surface area contributed by atoms with Crippen molar-refractivity contribution in [3.63, 3.8) is 0 Å². The van der Waals surface area contributed by atoms with Crippen LogP contribution in [0, 0.1) is 12.1 Å². The summed E-state index contributed by atoms with van der Waals surface area (Å²) >= 11 is 0. The Kier molecular flexibility index (Phi) is 3.18. The van der Waals surface area contributed by atoms with Crippen LogP contribution in [-0.2, 0) is 11.4 Å². The van der Waals surface area contributed by atoms with E-state index in [1.54, 1.807) is 13.8 Å². The van der Waals surface area contributed by atoms with E-state index in [1.807, 2.05) is 0 Å². The summed E-state index contributed by atoms with van der Waals surface area (Å²) in [5.41, 5.74) is 0. The molecule has 0 spiro atoms. The molecule has 0 bridgehead atoms. The second kappa shape index (κ2) is 4.39. The number of nitrogens with zero attached hydrogens (tertiary/aromatic N) is 4. The first-order valence-corrected chi connectivity index (χ1v) is 3.79. The Hall–Kier alpha value is -1.66. The summed E-state index contributed by atoms with van der Waals surface area (Å²) in [5.74, 6) is 0.704. The highest BCUT2D eigenvalue weighted by Gasteiger charge is 2.07. The molecule has 7 nitrogen and oxygen atoms in total. The topological polar surface area (TPSA) is 86.6 Å². The van der Waals surface area contributed by atoms with Gasteiger partial charge >= 0.3 is 0 Å². The number of hydrogen-bond donors (Lipinski definition) is 0. The summed E-state index contributed by atoms with van der Waals surface area (Å²) in [6, 6.07) is 0. The molecule has 72 valence electrons. The van der Waals surface area contributed by atoms with Crippen molar-refractivity contribution >= 4 is 0 Å². The van der Waals surface area contributed by atoms with Gasteiger partial charge in [0.2, 0.25) is 18.3 Å². The van der Waals surface area contributed by atoms with Gasteiger partial charge in [-0.25, -0.2) is 0 Å². The van der Waals surface area contributed by atoms with Gasteiger partial charge < -0.3 is 14.6 Å². The molecule has 1 heterocycles. The van der Waals surface area contributed by atoms with Gasteiger partial charge in [0, 0.05) is 6.92 Å². The van der Waals surface area contributed by atoms with E-state index >= 15 is 0 Å². The minimum atomic E-state index is -0.0721. The van der Waals surface area contributed by atoms with Gasteiger partial charge in [-0.1, -0.05) is 5.16 Å². The summed E-state index contributed by atoms with van der Waals surface area (Å²) in [4.78, 5) is 8.71. The van der Waals surface area contributed by atoms with E-state index < -0.39 is 0 Å². The summed E-state index contributed by atoms with van der Waals surface area (Å²) in [5, 5.41) is 17.6. The first kappa shape index (κ1) is 9.43. The third-order valence-corrected chi connectivity index (χ3v) is 1.12. The number of hydroxylamine groups is 1. The van der Waals surface area contributed by atoms with Crippen molar-refractivity contribution in [2.24, 2.45) is 5.28 Å². The zero-order chi connectivity index (χ0) is 9.68. The number of aryl methyl sites for hydroxylation is 1. The van der Waals surface area contributed by atoms with Crippen LogP contribution in [0.2, 0.25) is 0 Å². The second-order valence-electron chi connectivity index (χ2n) is 2.24. The maximum atomic E-state index is 10.9. The fourth-order valence-electron chi connectivity index (χ4n) is 0.678. The standard InChI is InChI=1S/C6H10N4O3/c1-3-12-9-10(11)4-6-7-5(2)13-8-6/h3-4H2,1-2H3. The molecule has 0 aliphatic heterocycles. The third-order valence-electron chi connectivity index (χ3n) is 1.12. The SMILES string of the molecule is CCON=[N+]([O-])Cc1noc(C)n1. The Balaban J connectivity index is 2.49. The summed E-state index contributed by atoms with van der Waals surface area (Å²) in [7, 11) is 0. The maximum absolute atomic E-state index is 10.9. The molecule has 0 saturated heterocycles. The molecule has 0 saturated carbocycles. The van der Waals surface area contributed by atoms with E-state index in [0.717, 1.165) is 0 Å². The molecule has 0 unspecified atom stereocenters. The first-order chi connectivity index (χ1) is 6.22. The van der Waals surface area contributed by atoms with Crippen molar-refractivity contribution in [1.29, 1.82) is 0 Å². The average Bonchev–Trinajstić information content (AvgIpc) is 2.48. The summed E-state index contributed by atoms with van der Waals surface area (Å²) in [6.45, 7) is 3.66. The van der Waals surface area contributed by atoms with E-state index in [4.69, 9.17) is 0 Å². The fraction of sp³-hybridized carbons (Fsp3) is 0.667. The lowest BCUT2D eigenvalue weighted by molar-refractivity contribution is -0.574. The molecule has 0 fully saturated rings. The molecule has 0 atom stereocenters. The molecule has 0 amide bonds. The first-order valence-electron chi connectivity index (χ1n) is 3.79. The monoisotopic (exact) mass is 186 g/mol. The highest BCUT2D eigenvalue weighted by Crippen LogP contribution is 1.96. The third kappa shape index (κ3) is 3.06. The van der Waals surface area contributed by atoms with E-state index in [-0.39, 0.29) is 12.4 Å². The van der Waals surface area contributed by atoms with E-state index in [1.165, 1.54) is 0 Å². The summed E-state index contributed by atoms with van der Waals surface area (Å²) < 4.78 is 4.66. The molecule has 0 radical (unpaired) electrons. The minimum absolute atomic E-state index is 0.0721. The predicted octanol–water partition coefficient (Wildman–Crippen LogP) is 0.792. The molecule has 0 aliphatic rings. The zero-order valence-electron chi connectivity index (χ0n) is 7.43. The molecule has 0 aromatic carbocycles. The Labute approximate surface area is 74.5 Å². The number of rotatable bonds is 4. The average molecular weight is 186 g/mol. The van der Waals surface area contributed by atoms with Gasteiger partial charge in [-0.15, -0.1) is 0 Å². The lowest BCUT2D eigenvalue weighted by atomic mass is 10.6. The number of aromatic nitrogens is 2. The van der Waals surface area contributed by atoms with Crippen molar-refractivity contribution in [2.45, 2.75) is 20.4 Å². The van der Waals surface area contributed by atoms with Crippen LogP contribution in [0.15, 0.2) is 9.80 Å². The second-order valence-corrected chi connectivity index (χ2v) is 2.24. The van der Waals surface area contributed by atoms with E-state index in [0.29, 0.717) is 17.4 Å². The highest BCUT2D eigenvalue weighted by molar-refractivity contribution is 4.79. The largest absolute Gasteiger partial charge is 0.597 e. The van der Waals surface area contributed by atoms with Crippen LogP contribution < -0.4 is 0 Å². The van der Waals surface area contributed by atoms with Crippen LogP contribution in [0.3, 0.4) is 0 Å². The van der Waals surface area contributed by atoms with Gasteiger partial charge in [0.25, 0.3) is 0 Å². The normalized spacial score (nSPS) is 11.7. The molecule has 13 heavy (non-hydrogen) atoms. The fourth-order valence-corrected chi connectivity index (χ4v) is 0.678. The smallest absolute Gasteiger partial charge is 0.246 e. The number of hydrogen-bond acceptors (Lipinski definition) is 6. The van der Waals surface area contributed by atoms with Gasteiger partial charge in [-0.3, -0.25) is 0 Å². The van der Waals surface area contributed by atoms with Crippen LogP contribution in [0.4, 0.5) is 0 Å². The van der Waals surface area contributed by atoms with Gasteiger partial charge in [-0.05, 0) is 11.8 Å². The van der Waals surface area contributed by atoms with Crippen molar-refractivity contribution in [3.05, 3.63) is 16.9 Å². The molecule has 0 aliphatic carbocycles.